The van der Waals surface area contributed by atoms with Gasteiger partial charge in [0.25, 0.3) is 5.91 Å². The minimum absolute atomic E-state index is 0.195. The quantitative estimate of drug-likeness (QED) is 0.825. The molecule has 0 atom stereocenters. The molecule has 126 valence electrons. The zero-order chi connectivity index (χ0) is 17.5. The predicted molar refractivity (Wildman–Crippen MR) is 89.7 cm³/mol. The van der Waals surface area contributed by atoms with Crippen molar-refractivity contribution in [1.29, 1.82) is 0 Å². The third kappa shape index (κ3) is 4.25. The second kappa shape index (κ2) is 8.01. The standard InChI is InChI=1S/C18H19NO5/c1-22-15-9-6-13(11-16(15)23-2)18(21)19-14-7-4-12(5-8-14)10-17(20)24-3/h4-9,11H,10H2,1-3H3,(H,19,21). The Bertz CT molecular complexity index is 725. The summed E-state index contributed by atoms with van der Waals surface area (Å²) in [6, 6.07) is 11.9. The number of carbonyl (C=O) groups excluding carboxylic acids is 2. The van der Waals surface area contributed by atoms with Crippen LogP contribution in [0.4, 0.5) is 5.69 Å². The van der Waals surface area contributed by atoms with Crippen LogP contribution in [0.3, 0.4) is 0 Å². The van der Waals surface area contributed by atoms with Crippen LogP contribution in [0.15, 0.2) is 42.5 Å². The van der Waals surface area contributed by atoms with E-state index in [1.165, 1.54) is 21.3 Å². The Balaban J connectivity index is 2.08. The number of hydrogen-bond acceptors (Lipinski definition) is 5. The van der Waals surface area contributed by atoms with Crippen molar-refractivity contribution < 1.29 is 23.8 Å². The highest BCUT2D eigenvalue weighted by molar-refractivity contribution is 6.04. The maximum absolute atomic E-state index is 12.3. The summed E-state index contributed by atoms with van der Waals surface area (Å²) in [7, 11) is 4.40. The molecule has 2 aromatic carbocycles. The molecule has 0 heterocycles. The molecule has 24 heavy (non-hydrogen) atoms. The molecule has 0 aliphatic rings. The molecule has 1 amide bonds. The Kier molecular flexibility index (Phi) is 5.78. The van der Waals surface area contributed by atoms with E-state index in [1.807, 2.05) is 0 Å². The van der Waals surface area contributed by atoms with Gasteiger partial charge in [-0.1, -0.05) is 12.1 Å². The fourth-order valence-corrected chi connectivity index (χ4v) is 2.13. The summed E-state index contributed by atoms with van der Waals surface area (Å²) in [6.07, 6.45) is 0.195. The van der Waals surface area contributed by atoms with Crippen LogP contribution in [0.1, 0.15) is 15.9 Å². The topological polar surface area (TPSA) is 73.9 Å². The Labute approximate surface area is 140 Å². The van der Waals surface area contributed by atoms with Crippen LogP contribution in [-0.4, -0.2) is 33.2 Å². The van der Waals surface area contributed by atoms with Gasteiger partial charge < -0.3 is 19.5 Å². The maximum Gasteiger partial charge on any atom is 0.309 e. The Morgan fingerprint density at radius 1 is 0.917 bits per heavy atom. The van der Waals surface area contributed by atoms with Crippen LogP contribution >= 0.6 is 0 Å². The number of anilines is 1. The molecule has 6 heteroatoms. The zero-order valence-electron chi connectivity index (χ0n) is 13.8. The molecule has 1 N–H and O–H groups in total. The van der Waals surface area contributed by atoms with E-state index >= 15 is 0 Å². The normalized spacial score (nSPS) is 9.96. The second-order valence-corrected chi connectivity index (χ2v) is 4.97. The molecule has 0 spiro atoms. The van der Waals surface area contributed by atoms with Crippen LogP contribution < -0.4 is 14.8 Å². The van der Waals surface area contributed by atoms with Crippen molar-refractivity contribution in [3.05, 3.63) is 53.6 Å². The Hall–Kier alpha value is -3.02. The summed E-state index contributed by atoms with van der Waals surface area (Å²) < 4.78 is 15.0. The second-order valence-electron chi connectivity index (χ2n) is 4.97. The maximum atomic E-state index is 12.3. The van der Waals surface area contributed by atoms with E-state index < -0.39 is 0 Å². The first-order valence-electron chi connectivity index (χ1n) is 7.26. The van der Waals surface area contributed by atoms with Gasteiger partial charge in [0.2, 0.25) is 0 Å². The lowest BCUT2D eigenvalue weighted by Crippen LogP contribution is -2.12. The van der Waals surface area contributed by atoms with Crippen molar-refractivity contribution in [1.82, 2.24) is 0 Å². The van der Waals surface area contributed by atoms with Crippen molar-refractivity contribution in [2.24, 2.45) is 0 Å². The predicted octanol–water partition coefficient (Wildman–Crippen LogP) is 2.67. The fraction of sp³-hybridized carbons (Fsp3) is 0.222. The van der Waals surface area contributed by atoms with Gasteiger partial charge in [-0.3, -0.25) is 9.59 Å². The molecule has 0 aromatic heterocycles. The van der Waals surface area contributed by atoms with E-state index in [0.717, 1.165) is 5.56 Å². The molecule has 2 aromatic rings. The Morgan fingerprint density at radius 2 is 1.58 bits per heavy atom. The number of rotatable bonds is 6. The molecular formula is C18H19NO5. The molecule has 0 radical (unpaired) electrons. The van der Waals surface area contributed by atoms with E-state index in [-0.39, 0.29) is 18.3 Å². The van der Waals surface area contributed by atoms with Gasteiger partial charge in [0, 0.05) is 11.3 Å². The van der Waals surface area contributed by atoms with Crippen LogP contribution in [-0.2, 0) is 16.0 Å². The number of amides is 1. The van der Waals surface area contributed by atoms with Crippen molar-refractivity contribution in [3.8, 4) is 11.5 Å². The first-order chi connectivity index (χ1) is 11.6. The molecule has 0 saturated carbocycles. The molecule has 0 unspecified atom stereocenters. The lowest BCUT2D eigenvalue weighted by molar-refractivity contribution is -0.139. The first kappa shape index (κ1) is 17.3. The monoisotopic (exact) mass is 329 g/mol. The lowest BCUT2D eigenvalue weighted by atomic mass is 10.1. The highest BCUT2D eigenvalue weighted by Crippen LogP contribution is 2.27. The Morgan fingerprint density at radius 3 is 2.17 bits per heavy atom. The summed E-state index contributed by atoms with van der Waals surface area (Å²) in [4.78, 5) is 23.5. The lowest BCUT2D eigenvalue weighted by Gasteiger charge is -2.10. The van der Waals surface area contributed by atoms with Crippen LogP contribution in [0.5, 0.6) is 11.5 Å². The van der Waals surface area contributed by atoms with Crippen molar-refractivity contribution in [3.63, 3.8) is 0 Å². The van der Waals surface area contributed by atoms with E-state index in [2.05, 4.69) is 10.1 Å². The minimum atomic E-state index is -0.308. The largest absolute Gasteiger partial charge is 0.493 e. The molecule has 0 bridgehead atoms. The van der Waals surface area contributed by atoms with Gasteiger partial charge >= 0.3 is 5.97 Å². The van der Waals surface area contributed by atoms with Crippen LogP contribution in [0.2, 0.25) is 0 Å². The van der Waals surface area contributed by atoms with Crippen molar-refractivity contribution in [2.75, 3.05) is 26.6 Å². The average Bonchev–Trinajstić information content (AvgIpc) is 2.62. The van der Waals surface area contributed by atoms with Crippen molar-refractivity contribution in [2.45, 2.75) is 6.42 Å². The molecule has 0 saturated heterocycles. The molecule has 6 nitrogen and oxygen atoms in total. The van der Waals surface area contributed by atoms with E-state index in [0.29, 0.717) is 22.7 Å². The third-order valence-electron chi connectivity index (χ3n) is 3.43. The van der Waals surface area contributed by atoms with Gasteiger partial charge in [0.1, 0.15) is 0 Å². The molecule has 2 rings (SSSR count). The summed E-state index contributed by atoms with van der Waals surface area (Å²) in [6.45, 7) is 0. The highest BCUT2D eigenvalue weighted by atomic mass is 16.5. The summed E-state index contributed by atoms with van der Waals surface area (Å²) in [5.41, 5.74) is 1.89. The SMILES string of the molecule is COC(=O)Cc1ccc(NC(=O)c2ccc(OC)c(OC)c2)cc1. The number of benzene rings is 2. The third-order valence-corrected chi connectivity index (χ3v) is 3.43. The van der Waals surface area contributed by atoms with E-state index in [1.54, 1.807) is 42.5 Å². The van der Waals surface area contributed by atoms with Gasteiger partial charge in [-0.2, -0.15) is 0 Å². The van der Waals surface area contributed by atoms with Gasteiger partial charge in [0.15, 0.2) is 11.5 Å². The number of hydrogen-bond donors (Lipinski definition) is 1. The summed E-state index contributed by atoms with van der Waals surface area (Å²) in [5, 5.41) is 2.79. The molecule has 0 fully saturated rings. The van der Waals surface area contributed by atoms with Gasteiger partial charge in [-0.15, -0.1) is 0 Å². The van der Waals surface area contributed by atoms with E-state index in [4.69, 9.17) is 9.47 Å². The fourth-order valence-electron chi connectivity index (χ4n) is 2.13. The van der Waals surface area contributed by atoms with Crippen molar-refractivity contribution >= 4 is 17.6 Å². The molecular weight excluding hydrogens is 310 g/mol. The van der Waals surface area contributed by atoms with Crippen LogP contribution in [0.25, 0.3) is 0 Å². The number of esters is 1. The number of carbonyl (C=O) groups is 2. The zero-order valence-corrected chi connectivity index (χ0v) is 13.8. The number of ether oxygens (including phenoxy) is 3. The smallest absolute Gasteiger partial charge is 0.309 e. The summed E-state index contributed by atoms with van der Waals surface area (Å²) in [5.74, 6) is 0.466. The van der Waals surface area contributed by atoms with Gasteiger partial charge in [0.05, 0.1) is 27.8 Å². The summed E-state index contributed by atoms with van der Waals surface area (Å²) >= 11 is 0. The highest BCUT2D eigenvalue weighted by Gasteiger charge is 2.11. The van der Waals surface area contributed by atoms with E-state index in [9.17, 15) is 9.59 Å². The number of methoxy groups -OCH3 is 3. The minimum Gasteiger partial charge on any atom is -0.493 e. The average molecular weight is 329 g/mol. The first-order valence-corrected chi connectivity index (χ1v) is 7.26. The number of nitrogens with one attached hydrogen (secondary N) is 1. The molecule has 0 aliphatic carbocycles. The van der Waals surface area contributed by atoms with Gasteiger partial charge in [-0.05, 0) is 35.9 Å². The van der Waals surface area contributed by atoms with Gasteiger partial charge in [-0.25, -0.2) is 0 Å². The molecule has 0 aliphatic heterocycles. The van der Waals surface area contributed by atoms with Crippen LogP contribution in [0, 0.1) is 0 Å².